The Labute approximate surface area is 149 Å². The van der Waals surface area contributed by atoms with Crippen LogP contribution in [-0.4, -0.2) is 42.1 Å². The second-order valence-corrected chi connectivity index (χ2v) is 8.10. The third-order valence-electron chi connectivity index (χ3n) is 5.20. The van der Waals surface area contributed by atoms with Crippen molar-refractivity contribution in [1.82, 2.24) is 4.90 Å². The monoisotopic (exact) mass is 344 g/mol. The molecule has 2 amide bonds. The molecule has 1 fully saturated rings. The van der Waals surface area contributed by atoms with Crippen molar-refractivity contribution < 1.29 is 14.3 Å². The topological polar surface area (TPSA) is 49.9 Å². The summed E-state index contributed by atoms with van der Waals surface area (Å²) in [6.07, 6.45) is 1.98. The minimum atomic E-state index is -0.476. The Morgan fingerprint density at radius 1 is 1.16 bits per heavy atom. The van der Waals surface area contributed by atoms with Crippen molar-refractivity contribution in [3.8, 4) is 0 Å². The van der Waals surface area contributed by atoms with Gasteiger partial charge in [-0.1, -0.05) is 25.1 Å². The van der Waals surface area contributed by atoms with Gasteiger partial charge in [0.25, 0.3) is 0 Å². The van der Waals surface area contributed by atoms with Gasteiger partial charge in [-0.05, 0) is 45.2 Å². The Kier molecular flexibility index (Phi) is 4.52. The summed E-state index contributed by atoms with van der Waals surface area (Å²) in [6.45, 7) is 9.62. The van der Waals surface area contributed by atoms with Gasteiger partial charge >= 0.3 is 6.09 Å². The Hall–Kier alpha value is -2.04. The number of carbonyl (C=O) groups excluding carboxylic acids is 2. The zero-order chi connectivity index (χ0) is 18.2. The number of hydrogen-bond acceptors (Lipinski definition) is 3. The van der Waals surface area contributed by atoms with Crippen LogP contribution in [0.2, 0.25) is 0 Å². The predicted octanol–water partition coefficient (Wildman–Crippen LogP) is 3.71. The fraction of sp³-hybridized carbons (Fsp3) is 0.600. The summed E-state index contributed by atoms with van der Waals surface area (Å²) in [6, 6.07) is 8.21. The lowest BCUT2D eigenvalue weighted by Gasteiger charge is -2.40. The maximum atomic E-state index is 12.4. The van der Waals surface area contributed by atoms with Gasteiger partial charge in [0.2, 0.25) is 5.91 Å². The van der Waals surface area contributed by atoms with Crippen LogP contribution in [0.1, 0.15) is 52.5 Å². The molecule has 0 unspecified atom stereocenters. The molecule has 2 aliphatic heterocycles. The van der Waals surface area contributed by atoms with E-state index in [2.05, 4.69) is 6.07 Å². The van der Waals surface area contributed by atoms with Crippen molar-refractivity contribution in [3.63, 3.8) is 0 Å². The van der Waals surface area contributed by atoms with E-state index in [-0.39, 0.29) is 17.4 Å². The SMILES string of the molecule is CCC(=O)N1CC2(CCN(C(=O)OC(C)(C)C)CC2)c2ccccc21. The average molecular weight is 344 g/mol. The van der Waals surface area contributed by atoms with Crippen molar-refractivity contribution in [2.75, 3.05) is 24.5 Å². The van der Waals surface area contributed by atoms with Crippen LogP contribution in [0.15, 0.2) is 24.3 Å². The second kappa shape index (κ2) is 6.36. The van der Waals surface area contributed by atoms with Crippen LogP contribution >= 0.6 is 0 Å². The normalized spacial score (nSPS) is 19.0. The first-order chi connectivity index (χ1) is 11.8. The van der Waals surface area contributed by atoms with E-state index < -0.39 is 5.60 Å². The number of anilines is 1. The van der Waals surface area contributed by atoms with Crippen molar-refractivity contribution in [2.24, 2.45) is 0 Å². The number of para-hydroxylation sites is 1. The molecule has 0 bridgehead atoms. The molecule has 0 atom stereocenters. The standard InChI is InChI=1S/C20H28N2O3/c1-5-17(23)22-14-20(15-8-6-7-9-16(15)22)10-12-21(13-11-20)18(24)25-19(2,3)4/h6-9H,5,10-14H2,1-4H3. The van der Waals surface area contributed by atoms with E-state index in [0.717, 1.165) is 25.1 Å². The molecule has 2 aliphatic rings. The van der Waals surface area contributed by atoms with Gasteiger partial charge in [-0.15, -0.1) is 0 Å². The fourth-order valence-corrected chi connectivity index (χ4v) is 3.92. The molecule has 0 saturated carbocycles. The molecular formula is C20H28N2O3. The van der Waals surface area contributed by atoms with E-state index in [1.165, 1.54) is 5.56 Å². The number of piperidine rings is 1. The van der Waals surface area contributed by atoms with Gasteiger partial charge in [-0.3, -0.25) is 4.79 Å². The molecule has 0 N–H and O–H groups in total. The summed E-state index contributed by atoms with van der Waals surface area (Å²) in [5.41, 5.74) is 1.77. The van der Waals surface area contributed by atoms with Gasteiger partial charge in [-0.2, -0.15) is 0 Å². The quantitative estimate of drug-likeness (QED) is 0.780. The molecular weight excluding hydrogens is 316 g/mol. The third-order valence-corrected chi connectivity index (χ3v) is 5.20. The predicted molar refractivity (Wildman–Crippen MR) is 97.8 cm³/mol. The summed E-state index contributed by atoms with van der Waals surface area (Å²) in [5.74, 6) is 0.166. The highest BCUT2D eigenvalue weighted by Gasteiger charge is 2.46. The Morgan fingerprint density at radius 3 is 2.40 bits per heavy atom. The smallest absolute Gasteiger partial charge is 0.410 e. The largest absolute Gasteiger partial charge is 0.444 e. The Balaban J connectivity index is 1.77. The van der Waals surface area contributed by atoms with Crippen molar-refractivity contribution in [1.29, 1.82) is 0 Å². The first-order valence-electron chi connectivity index (χ1n) is 9.13. The molecule has 0 radical (unpaired) electrons. The van der Waals surface area contributed by atoms with Crippen LogP contribution in [0.4, 0.5) is 10.5 Å². The number of rotatable bonds is 1. The lowest BCUT2D eigenvalue weighted by atomic mass is 9.74. The molecule has 0 aromatic heterocycles. The van der Waals surface area contributed by atoms with Crippen molar-refractivity contribution in [3.05, 3.63) is 29.8 Å². The summed E-state index contributed by atoms with van der Waals surface area (Å²) >= 11 is 0. The highest BCUT2D eigenvalue weighted by atomic mass is 16.6. The number of carbonyl (C=O) groups is 2. The number of amides is 2. The van der Waals surface area contributed by atoms with Gasteiger partial charge in [0.1, 0.15) is 5.60 Å². The van der Waals surface area contributed by atoms with Gasteiger partial charge in [0.15, 0.2) is 0 Å². The fourth-order valence-electron chi connectivity index (χ4n) is 3.92. The third kappa shape index (κ3) is 3.37. The molecule has 136 valence electrons. The Morgan fingerprint density at radius 2 is 1.80 bits per heavy atom. The van der Waals surface area contributed by atoms with Crippen LogP contribution in [-0.2, 0) is 14.9 Å². The van der Waals surface area contributed by atoms with Crippen LogP contribution in [0, 0.1) is 0 Å². The van der Waals surface area contributed by atoms with E-state index in [9.17, 15) is 9.59 Å². The summed E-state index contributed by atoms with van der Waals surface area (Å²) < 4.78 is 5.50. The molecule has 1 saturated heterocycles. The van der Waals surface area contributed by atoms with Crippen LogP contribution in [0.5, 0.6) is 0 Å². The molecule has 2 heterocycles. The minimum absolute atomic E-state index is 0.0417. The molecule has 3 rings (SSSR count). The molecule has 1 aromatic rings. The van der Waals surface area contributed by atoms with Crippen molar-refractivity contribution >= 4 is 17.7 Å². The lowest BCUT2D eigenvalue weighted by molar-refractivity contribution is -0.118. The zero-order valence-electron chi connectivity index (χ0n) is 15.7. The van der Waals surface area contributed by atoms with Crippen LogP contribution in [0.25, 0.3) is 0 Å². The van der Waals surface area contributed by atoms with Gasteiger partial charge in [0.05, 0.1) is 0 Å². The zero-order valence-corrected chi connectivity index (χ0v) is 15.7. The number of benzene rings is 1. The second-order valence-electron chi connectivity index (χ2n) is 8.10. The molecule has 1 spiro atoms. The van der Waals surface area contributed by atoms with Crippen LogP contribution in [0.3, 0.4) is 0 Å². The summed E-state index contributed by atoms with van der Waals surface area (Å²) in [4.78, 5) is 28.4. The molecule has 25 heavy (non-hydrogen) atoms. The number of nitrogens with zero attached hydrogens (tertiary/aromatic N) is 2. The van der Waals surface area contributed by atoms with Gasteiger partial charge in [-0.25, -0.2) is 4.79 Å². The number of hydrogen-bond donors (Lipinski definition) is 0. The number of likely N-dealkylation sites (tertiary alicyclic amines) is 1. The highest BCUT2D eigenvalue weighted by molar-refractivity contribution is 5.96. The number of ether oxygens (including phenoxy) is 1. The molecule has 0 aliphatic carbocycles. The summed E-state index contributed by atoms with van der Waals surface area (Å²) in [7, 11) is 0. The highest BCUT2D eigenvalue weighted by Crippen LogP contribution is 2.47. The molecule has 5 nitrogen and oxygen atoms in total. The Bertz CT molecular complexity index is 670. The maximum Gasteiger partial charge on any atom is 0.410 e. The maximum absolute atomic E-state index is 12.4. The van der Waals surface area contributed by atoms with E-state index >= 15 is 0 Å². The summed E-state index contributed by atoms with van der Waals surface area (Å²) in [5, 5.41) is 0. The van der Waals surface area contributed by atoms with E-state index in [1.807, 2.05) is 50.8 Å². The minimum Gasteiger partial charge on any atom is -0.444 e. The first-order valence-corrected chi connectivity index (χ1v) is 9.13. The average Bonchev–Trinajstić information content (AvgIpc) is 2.88. The van der Waals surface area contributed by atoms with E-state index in [0.29, 0.717) is 19.5 Å². The van der Waals surface area contributed by atoms with Gasteiger partial charge in [0, 0.05) is 37.2 Å². The van der Waals surface area contributed by atoms with Crippen LogP contribution < -0.4 is 4.90 Å². The van der Waals surface area contributed by atoms with Gasteiger partial charge < -0.3 is 14.5 Å². The number of fused-ring (bicyclic) bond motifs is 2. The molecule has 5 heteroatoms. The van der Waals surface area contributed by atoms with E-state index in [4.69, 9.17) is 4.74 Å². The first kappa shape index (κ1) is 17.8. The molecule has 1 aromatic carbocycles. The lowest BCUT2D eigenvalue weighted by Crippen LogP contribution is -2.48. The van der Waals surface area contributed by atoms with Crippen molar-refractivity contribution in [2.45, 2.75) is 58.0 Å². The van der Waals surface area contributed by atoms with E-state index in [1.54, 1.807) is 4.90 Å².